The molecule has 1 saturated carbocycles. The molecule has 4 aromatic heterocycles. The average Bonchev–Trinajstić information content (AvgIpc) is 3.31. The summed E-state index contributed by atoms with van der Waals surface area (Å²) in [4.78, 5) is 40.1. The third-order valence-electron chi connectivity index (χ3n) is 6.87. The van der Waals surface area contributed by atoms with Crippen LogP contribution in [0.5, 0.6) is 0 Å². The molecule has 2 aliphatic rings. The molecule has 1 aliphatic heterocycles. The second-order valence-corrected chi connectivity index (χ2v) is 9.06. The minimum atomic E-state index is -0.831. The number of nitrogens with one attached hydrogen (secondary N) is 2. The van der Waals surface area contributed by atoms with Crippen LogP contribution < -0.4 is 10.6 Å². The second-order valence-electron chi connectivity index (χ2n) is 9.06. The van der Waals surface area contributed by atoms with Crippen LogP contribution in [0.15, 0.2) is 31.0 Å². The largest absolute Gasteiger partial charge is 0.309 e. The van der Waals surface area contributed by atoms with Gasteiger partial charge in [0.1, 0.15) is 40.5 Å². The third-order valence-corrected chi connectivity index (χ3v) is 6.87. The van der Waals surface area contributed by atoms with Gasteiger partial charge < -0.3 is 9.88 Å². The number of rotatable bonds is 5. The summed E-state index contributed by atoms with van der Waals surface area (Å²) in [7, 11) is 0. The lowest BCUT2D eigenvalue weighted by Gasteiger charge is -2.35. The zero-order valence-electron chi connectivity index (χ0n) is 19.3. The fourth-order valence-corrected chi connectivity index (χ4v) is 4.71. The number of carbonyl (C=O) groups excluding carboxylic acids is 1. The van der Waals surface area contributed by atoms with Crippen molar-refractivity contribution in [1.29, 1.82) is 0 Å². The quantitative estimate of drug-likeness (QED) is 0.471. The summed E-state index contributed by atoms with van der Waals surface area (Å²) < 4.78 is 2.03. The van der Waals surface area contributed by atoms with Crippen molar-refractivity contribution in [2.75, 3.05) is 5.32 Å². The highest BCUT2D eigenvalue weighted by Crippen LogP contribution is 2.39. The number of amides is 1. The first-order chi connectivity index (χ1) is 16.5. The van der Waals surface area contributed by atoms with Gasteiger partial charge in [-0.3, -0.25) is 10.1 Å². The molecule has 1 amide bonds. The van der Waals surface area contributed by atoms with Gasteiger partial charge in [0.2, 0.25) is 5.91 Å². The molecule has 0 bridgehead atoms. The summed E-state index contributed by atoms with van der Waals surface area (Å²) >= 11 is 0. The molecule has 0 unspecified atom stereocenters. The van der Waals surface area contributed by atoms with Crippen molar-refractivity contribution in [2.24, 2.45) is 0 Å². The maximum Gasteiger partial charge on any atom is 0.250 e. The minimum absolute atomic E-state index is 0.0798. The number of fused-ring (bicyclic) bond motifs is 2. The van der Waals surface area contributed by atoms with E-state index in [1.807, 2.05) is 31.4 Å². The Balaban J connectivity index is 1.48. The predicted molar refractivity (Wildman–Crippen MR) is 127 cm³/mol. The van der Waals surface area contributed by atoms with E-state index in [4.69, 9.17) is 4.98 Å². The number of anilines is 1. The van der Waals surface area contributed by atoms with Gasteiger partial charge in [0, 0.05) is 42.3 Å². The number of imidazole rings is 1. The fourth-order valence-electron chi connectivity index (χ4n) is 4.71. The van der Waals surface area contributed by atoms with E-state index in [0.717, 1.165) is 41.0 Å². The fraction of sp³-hybridized carbons (Fsp3) is 0.375. The van der Waals surface area contributed by atoms with E-state index in [9.17, 15) is 4.79 Å². The Morgan fingerprint density at radius 3 is 2.59 bits per heavy atom. The summed E-state index contributed by atoms with van der Waals surface area (Å²) in [5.74, 6) is 1.95. The maximum absolute atomic E-state index is 12.9. The van der Waals surface area contributed by atoms with Gasteiger partial charge in [-0.2, -0.15) is 0 Å². The lowest BCUT2D eigenvalue weighted by atomic mass is 9.86. The van der Waals surface area contributed by atoms with Crippen molar-refractivity contribution >= 4 is 22.9 Å². The summed E-state index contributed by atoms with van der Waals surface area (Å²) in [5, 5.41) is 6.47. The highest BCUT2D eigenvalue weighted by molar-refractivity contribution is 6.05. The molecule has 0 aromatic carbocycles. The Labute approximate surface area is 196 Å². The standard InChI is InChI=1S/C24H25N9O/c1-4-33-21(15-10-25-13(2)26-11-15)30-19-18(28-12-29-22(19)33)14-8-17-20(27-9-14)31-23(34)24(17,3)32-16-6-5-7-16/h8-12,16,32H,4-7H2,1-3H3,(H,27,31,34)/t24-/m1/s1. The van der Waals surface area contributed by atoms with Crippen molar-refractivity contribution in [1.82, 2.24) is 39.8 Å². The molecule has 34 heavy (non-hydrogen) atoms. The van der Waals surface area contributed by atoms with Gasteiger partial charge in [0.25, 0.3) is 0 Å². The van der Waals surface area contributed by atoms with Gasteiger partial charge in [-0.25, -0.2) is 29.9 Å². The van der Waals surface area contributed by atoms with E-state index in [1.165, 1.54) is 6.42 Å². The van der Waals surface area contributed by atoms with Crippen LogP contribution in [0, 0.1) is 6.92 Å². The maximum atomic E-state index is 12.9. The van der Waals surface area contributed by atoms with Crippen molar-refractivity contribution < 1.29 is 4.79 Å². The highest BCUT2D eigenvalue weighted by atomic mass is 16.2. The van der Waals surface area contributed by atoms with Crippen LogP contribution in [0.25, 0.3) is 33.8 Å². The highest BCUT2D eigenvalue weighted by Gasteiger charge is 2.45. The van der Waals surface area contributed by atoms with Gasteiger partial charge in [-0.15, -0.1) is 0 Å². The SMILES string of the molecule is CCn1c(-c2cnc(C)nc2)nc2c(-c3cnc4c(c3)[C@@](C)(NC3CCC3)C(=O)N4)ncnc21. The Bertz CT molecular complexity index is 1420. The lowest BCUT2D eigenvalue weighted by Crippen LogP contribution is -2.52. The molecule has 0 saturated heterocycles. The molecular weight excluding hydrogens is 430 g/mol. The van der Waals surface area contributed by atoms with Crippen LogP contribution in [0.1, 0.15) is 44.5 Å². The summed E-state index contributed by atoms with van der Waals surface area (Å²) in [5.41, 5.74) is 3.68. The Morgan fingerprint density at radius 1 is 1.12 bits per heavy atom. The Morgan fingerprint density at radius 2 is 1.88 bits per heavy atom. The van der Waals surface area contributed by atoms with Crippen LogP contribution in [-0.2, 0) is 16.9 Å². The molecule has 5 heterocycles. The lowest BCUT2D eigenvalue weighted by molar-refractivity contribution is -0.122. The van der Waals surface area contributed by atoms with Gasteiger partial charge in [0.05, 0.1) is 5.56 Å². The molecule has 1 aliphatic carbocycles. The number of hydrogen-bond donors (Lipinski definition) is 2. The molecular formula is C24H25N9O. The molecule has 2 N–H and O–H groups in total. The van der Waals surface area contributed by atoms with E-state index in [0.29, 0.717) is 35.4 Å². The zero-order valence-corrected chi connectivity index (χ0v) is 19.3. The summed E-state index contributed by atoms with van der Waals surface area (Å²) in [6.07, 6.45) is 10.2. The molecule has 1 atom stereocenters. The molecule has 0 radical (unpaired) electrons. The normalized spacial score (nSPS) is 19.8. The van der Waals surface area contributed by atoms with Crippen LogP contribution in [0.3, 0.4) is 0 Å². The first-order valence-corrected chi connectivity index (χ1v) is 11.6. The monoisotopic (exact) mass is 455 g/mol. The van der Waals surface area contributed by atoms with Crippen molar-refractivity contribution in [2.45, 2.75) is 58.2 Å². The van der Waals surface area contributed by atoms with Crippen molar-refractivity contribution in [3.63, 3.8) is 0 Å². The number of hydrogen-bond acceptors (Lipinski definition) is 8. The third kappa shape index (κ3) is 3.09. The van der Waals surface area contributed by atoms with E-state index >= 15 is 0 Å². The molecule has 6 rings (SSSR count). The van der Waals surface area contributed by atoms with Gasteiger partial charge in [-0.05, 0) is 39.7 Å². The number of nitrogens with zero attached hydrogens (tertiary/aromatic N) is 7. The molecule has 10 nitrogen and oxygen atoms in total. The van der Waals surface area contributed by atoms with Crippen LogP contribution in [-0.4, -0.2) is 46.4 Å². The van der Waals surface area contributed by atoms with Gasteiger partial charge in [0.15, 0.2) is 5.65 Å². The number of aryl methyl sites for hydroxylation is 2. The van der Waals surface area contributed by atoms with Crippen molar-refractivity contribution in [3.05, 3.63) is 42.4 Å². The first-order valence-electron chi connectivity index (χ1n) is 11.6. The van der Waals surface area contributed by atoms with Gasteiger partial charge >= 0.3 is 0 Å². The Kier molecular flexibility index (Phi) is 4.66. The average molecular weight is 456 g/mol. The number of carbonyl (C=O) groups is 1. The summed E-state index contributed by atoms with van der Waals surface area (Å²) in [6, 6.07) is 2.34. The van der Waals surface area contributed by atoms with Gasteiger partial charge in [-0.1, -0.05) is 6.42 Å². The van der Waals surface area contributed by atoms with Crippen LogP contribution >= 0.6 is 0 Å². The smallest absolute Gasteiger partial charge is 0.250 e. The molecule has 172 valence electrons. The Hall–Kier alpha value is -3.79. The minimum Gasteiger partial charge on any atom is -0.309 e. The number of aromatic nitrogens is 7. The van der Waals surface area contributed by atoms with E-state index in [1.54, 1.807) is 24.9 Å². The van der Waals surface area contributed by atoms with Crippen LogP contribution in [0.4, 0.5) is 5.82 Å². The van der Waals surface area contributed by atoms with E-state index in [-0.39, 0.29) is 5.91 Å². The van der Waals surface area contributed by atoms with E-state index < -0.39 is 5.54 Å². The molecule has 10 heteroatoms. The molecule has 0 spiro atoms. The second kappa shape index (κ2) is 7.63. The van der Waals surface area contributed by atoms with E-state index in [2.05, 4.69) is 35.6 Å². The van der Waals surface area contributed by atoms with Crippen LogP contribution in [0.2, 0.25) is 0 Å². The molecule has 4 aromatic rings. The number of pyridine rings is 1. The zero-order chi connectivity index (χ0) is 23.4. The molecule has 1 fully saturated rings. The summed E-state index contributed by atoms with van der Waals surface area (Å²) in [6.45, 7) is 6.51. The predicted octanol–water partition coefficient (Wildman–Crippen LogP) is 2.98. The first kappa shape index (κ1) is 20.8. The van der Waals surface area contributed by atoms with Crippen molar-refractivity contribution in [3.8, 4) is 22.6 Å². The topological polar surface area (TPSA) is 123 Å².